The van der Waals surface area contributed by atoms with Gasteiger partial charge in [0, 0.05) is 12.7 Å². The fourth-order valence-electron chi connectivity index (χ4n) is 2.28. The minimum atomic E-state index is -0.887. The molecule has 3 nitrogen and oxygen atoms in total. The number of benzene rings is 1. The summed E-state index contributed by atoms with van der Waals surface area (Å²) in [6, 6.07) is 5.76. The molecule has 0 amide bonds. The van der Waals surface area contributed by atoms with Crippen molar-refractivity contribution in [2.75, 3.05) is 5.75 Å². The second-order valence-corrected chi connectivity index (χ2v) is 5.93. The van der Waals surface area contributed by atoms with Gasteiger partial charge in [-0.15, -0.1) is 0 Å². The van der Waals surface area contributed by atoms with Crippen molar-refractivity contribution < 1.29 is 15.0 Å². The fourth-order valence-corrected chi connectivity index (χ4v) is 2.93. The lowest BCUT2D eigenvalue weighted by molar-refractivity contribution is -0.109. The van der Waals surface area contributed by atoms with Crippen molar-refractivity contribution in [2.24, 2.45) is 0 Å². The van der Waals surface area contributed by atoms with Gasteiger partial charge in [-0.05, 0) is 29.5 Å². The average Bonchev–Trinajstić information content (AvgIpc) is 2.85. The van der Waals surface area contributed by atoms with Gasteiger partial charge in [0.2, 0.25) is 0 Å². The van der Waals surface area contributed by atoms with E-state index in [1.807, 2.05) is 24.3 Å². The highest BCUT2D eigenvalue weighted by atomic mass is 32.2. The molecular formula is C15H18O3S. The summed E-state index contributed by atoms with van der Waals surface area (Å²) in [6.45, 7) is 1.50. The molecule has 2 atom stereocenters. The Balaban J connectivity index is 2.02. The summed E-state index contributed by atoms with van der Waals surface area (Å²) in [7, 11) is 0. The van der Waals surface area contributed by atoms with E-state index in [9.17, 15) is 15.0 Å². The van der Waals surface area contributed by atoms with Crippen LogP contribution in [0.3, 0.4) is 0 Å². The third-order valence-electron chi connectivity index (χ3n) is 3.27. The summed E-state index contributed by atoms with van der Waals surface area (Å²) < 4.78 is 0. The summed E-state index contributed by atoms with van der Waals surface area (Å²) in [6.07, 6.45) is 3.57. The van der Waals surface area contributed by atoms with Crippen LogP contribution in [-0.4, -0.2) is 27.2 Å². The monoisotopic (exact) mass is 278 g/mol. The Bertz CT molecular complexity index is 496. The first-order chi connectivity index (χ1) is 9.09. The van der Waals surface area contributed by atoms with Crippen LogP contribution in [0.5, 0.6) is 0 Å². The maximum Gasteiger partial charge on any atom is 0.185 e. The van der Waals surface area contributed by atoms with Gasteiger partial charge in [-0.2, -0.15) is 0 Å². The molecule has 0 aliphatic heterocycles. The molecule has 1 aromatic rings. The molecule has 0 aromatic heterocycles. The van der Waals surface area contributed by atoms with Gasteiger partial charge < -0.3 is 10.2 Å². The maximum atomic E-state index is 10.8. The first-order valence-corrected chi connectivity index (χ1v) is 7.36. The quantitative estimate of drug-likeness (QED) is 0.868. The Morgan fingerprint density at radius 2 is 2.21 bits per heavy atom. The number of carbonyl (C=O) groups excluding carboxylic acids is 1. The van der Waals surface area contributed by atoms with E-state index >= 15 is 0 Å². The Morgan fingerprint density at radius 3 is 2.95 bits per heavy atom. The number of aliphatic hydroxyl groups is 2. The largest absolute Gasteiger partial charge is 0.390 e. The van der Waals surface area contributed by atoms with Crippen LogP contribution in [-0.2, 0) is 11.2 Å². The number of carbonyl (C=O) groups is 1. The Labute approximate surface area is 117 Å². The van der Waals surface area contributed by atoms with Crippen molar-refractivity contribution in [3.63, 3.8) is 0 Å². The first-order valence-electron chi connectivity index (χ1n) is 6.37. The highest BCUT2D eigenvalue weighted by molar-refractivity contribution is 8.13. The van der Waals surface area contributed by atoms with Crippen LogP contribution in [0.15, 0.2) is 24.3 Å². The van der Waals surface area contributed by atoms with E-state index < -0.39 is 12.2 Å². The van der Waals surface area contributed by atoms with E-state index in [1.54, 1.807) is 0 Å². The molecular weight excluding hydrogens is 260 g/mol. The number of thioether (sulfide) groups is 1. The van der Waals surface area contributed by atoms with Crippen molar-refractivity contribution in [1.82, 2.24) is 0 Å². The molecule has 102 valence electrons. The van der Waals surface area contributed by atoms with Crippen LogP contribution in [0.1, 0.15) is 36.1 Å². The van der Waals surface area contributed by atoms with E-state index in [4.69, 9.17) is 0 Å². The molecule has 1 aromatic carbocycles. The molecule has 19 heavy (non-hydrogen) atoms. The summed E-state index contributed by atoms with van der Waals surface area (Å²) in [4.78, 5) is 10.8. The number of aliphatic hydroxyl groups excluding tert-OH is 2. The fraction of sp³-hybridized carbons (Fsp3) is 0.400. The lowest BCUT2D eigenvalue weighted by Crippen LogP contribution is -2.20. The maximum absolute atomic E-state index is 10.8. The van der Waals surface area contributed by atoms with E-state index in [-0.39, 0.29) is 5.12 Å². The molecule has 0 saturated carbocycles. The van der Waals surface area contributed by atoms with Gasteiger partial charge in [0.1, 0.15) is 6.10 Å². The molecule has 2 unspecified atom stereocenters. The van der Waals surface area contributed by atoms with Crippen molar-refractivity contribution in [1.29, 1.82) is 0 Å². The standard InChI is InChI=1S/C15H18O3S/c1-10(16)19-9-8-14(17)15(18)13-7-3-5-11-4-2-6-12(11)13/h2-5,7,14-15,17-18H,6,8-9H2,1H3. The van der Waals surface area contributed by atoms with Crippen LogP contribution in [0.2, 0.25) is 0 Å². The topological polar surface area (TPSA) is 57.5 Å². The molecule has 2 N–H and O–H groups in total. The van der Waals surface area contributed by atoms with Gasteiger partial charge >= 0.3 is 0 Å². The number of allylic oxidation sites excluding steroid dienone is 1. The normalized spacial score (nSPS) is 16.2. The van der Waals surface area contributed by atoms with Gasteiger partial charge in [-0.25, -0.2) is 0 Å². The molecule has 4 heteroatoms. The highest BCUT2D eigenvalue weighted by Gasteiger charge is 2.22. The average molecular weight is 278 g/mol. The minimum absolute atomic E-state index is 0.0338. The molecule has 1 aliphatic rings. The van der Waals surface area contributed by atoms with Crippen LogP contribution < -0.4 is 0 Å². The van der Waals surface area contributed by atoms with Gasteiger partial charge in [0.25, 0.3) is 0 Å². The zero-order valence-corrected chi connectivity index (χ0v) is 11.7. The molecule has 0 spiro atoms. The molecule has 0 saturated heterocycles. The summed E-state index contributed by atoms with van der Waals surface area (Å²) in [5.41, 5.74) is 3.00. The smallest absolute Gasteiger partial charge is 0.185 e. The SMILES string of the molecule is CC(=O)SCCC(O)C(O)c1cccc2c1CC=C2. The number of hydrogen-bond donors (Lipinski definition) is 2. The van der Waals surface area contributed by atoms with Crippen molar-refractivity contribution in [2.45, 2.75) is 32.0 Å². The van der Waals surface area contributed by atoms with Gasteiger partial charge in [0.15, 0.2) is 5.12 Å². The third-order valence-corrected chi connectivity index (χ3v) is 4.12. The van der Waals surface area contributed by atoms with Gasteiger partial charge in [0.05, 0.1) is 6.10 Å². The summed E-state index contributed by atoms with van der Waals surface area (Å²) >= 11 is 1.18. The summed E-state index contributed by atoms with van der Waals surface area (Å²) in [5.74, 6) is 0.529. The molecule has 1 aliphatic carbocycles. The van der Waals surface area contributed by atoms with Crippen LogP contribution in [0.4, 0.5) is 0 Å². The molecule has 0 fully saturated rings. The second-order valence-electron chi connectivity index (χ2n) is 4.66. The Kier molecular flexibility index (Phi) is 4.80. The molecule has 2 rings (SSSR count). The van der Waals surface area contributed by atoms with Crippen molar-refractivity contribution in [3.8, 4) is 0 Å². The summed E-state index contributed by atoms with van der Waals surface area (Å²) in [5, 5.41) is 20.3. The zero-order valence-electron chi connectivity index (χ0n) is 10.9. The lowest BCUT2D eigenvalue weighted by Gasteiger charge is -2.20. The molecule has 0 bridgehead atoms. The predicted octanol–water partition coefficient (Wildman–Crippen LogP) is 2.32. The lowest BCUT2D eigenvalue weighted by atomic mass is 9.95. The highest BCUT2D eigenvalue weighted by Crippen LogP contribution is 2.30. The van der Waals surface area contributed by atoms with Crippen LogP contribution >= 0.6 is 11.8 Å². The van der Waals surface area contributed by atoms with E-state index in [2.05, 4.69) is 6.08 Å². The van der Waals surface area contributed by atoms with E-state index in [1.165, 1.54) is 18.7 Å². The van der Waals surface area contributed by atoms with Gasteiger partial charge in [-0.3, -0.25) is 4.79 Å². The van der Waals surface area contributed by atoms with Gasteiger partial charge in [-0.1, -0.05) is 42.1 Å². The molecule has 0 radical (unpaired) electrons. The zero-order chi connectivity index (χ0) is 13.8. The third kappa shape index (κ3) is 3.47. The number of hydrogen-bond acceptors (Lipinski definition) is 4. The second kappa shape index (κ2) is 6.37. The molecule has 0 heterocycles. The first kappa shape index (κ1) is 14.3. The van der Waals surface area contributed by atoms with Crippen molar-refractivity contribution >= 4 is 23.0 Å². The Hall–Kier alpha value is -1.10. The van der Waals surface area contributed by atoms with Crippen LogP contribution in [0, 0.1) is 0 Å². The Morgan fingerprint density at radius 1 is 1.42 bits per heavy atom. The van der Waals surface area contributed by atoms with E-state index in [0.717, 1.165) is 23.1 Å². The van der Waals surface area contributed by atoms with E-state index in [0.29, 0.717) is 12.2 Å². The van der Waals surface area contributed by atoms with Crippen LogP contribution in [0.25, 0.3) is 6.08 Å². The number of fused-ring (bicyclic) bond motifs is 1. The predicted molar refractivity (Wildman–Crippen MR) is 77.9 cm³/mol. The minimum Gasteiger partial charge on any atom is -0.390 e. The number of rotatable bonds is 5. The van der Waals surface area contributed by atoms with Crippen molar-refractivity contribution in [3.05, 3.63) is 41.0 Å².